The minimum atomic E-state index is -1.17. The van der Waals surface area contributed by atoms with Crippen LogP contribution in [-0.4, -0.2) is 29.7 Å². The lowest BCUT2D eigenvalue weighted by molar-refractivity contribution is 0.0695. The van der Waals surface area contributed by atoms with E-state index in [0.717, 1.165) is 17.7 Å². The molecule has 1 fully saturated rings. The molecule has 1 saturated carbocycles. The van der Waals surface area contributed by atoms with Gasteiger partial charge in [0.05, 0.1) is 5.52 Å². The van der Waals surface area contributed by atoms with Crippen LogP contribution in [0.2, 0.25) is 0 Å². The molecule has 110 valence electrons. The summed E-state index contributed by atoms with van der Waals surface area (Å²) in [7, 11) is 3.79. The van der Waals surface area contributed by atoms with Crippen molar-refractivity contribution in [2.45, 2.75) is 19.4 Å². The number of carboxylic acids is 1. The Morgan fingerprint density at radius 1 is 1.38 bits per heavy atom. The van der Waals surface area contributed by atoms with E-state index in [-0.39, 0.29) is 5.56 Å². The number of benzene rings is 1. The average molecular weight is 286 g/mol. The van der Waals surface area contributed by atoms with E-state index < -0.39 is 11.4 Å². The average Bonchev–Trinajstić information content (AvgIpc) is 3.25. The number of carbonyl (C=O) groups is 1. The first-order chi connectivity index (χ1) is 9.97. The highest BCUT2D eigenvalue weighted by Gasteiger charge is 2.23. The molecular weight excluding hydrogens is 268 g/mol. The van der Waals surface area contributed by atoms with Gasteiger partial charge in [0.25, 0.3) is 0 Å². The quantitative estimate of drug-likeness (QED) is 0.935. The Balaban J connectivity index is 2.27. The van der Waals surface area contributed by atoms with E-state index in [1.807, 2.05) is 35.7 Å². The van der Waals surface area contributed by atoms with Crippen LogP contribution in [-0.2, 0) is 6.54 Å². The lowest BCUT2D eigenvalue weighted by Crippen LogP contribution is -2.20. The summed E-state index contributed by atoms with van der Waals surface area (Å²) in [6, 6.07) is 5.62. The van der Waals surface area contributed by atoms with E-state index in [9.17, 15) is 14.7 Å². The number of hydrogen-bond acceptors (Lipinski definition) is 3. The third-order valence-electron chi connectivity index (χ3n) is 3.96. The zero-order valence-electron chi connectivity index (χ0n) is 12.2. The number of pyridine rings is 1. The van der Waals surface area contributed by atoms with E-state index in [1.54, 1.807) is 6.07 Å². The first kappa shape index (κ1) is 13.7. The summed E-state index contributed by atoms with van der Waals surface area (Å²) in [5.41, 5.74) is 1.13. The molecule has 0 radical (unpaired) electrons. The van der Waals surface area contributed by atoms with E-state index in [4.69, 9.17) is 0 Å². The number of anilines is 1. The van der Waals surface area contributed by atoms with Crippen molar-refractivity contribution in [3.63, 3.8) is 0 Å². The maximum atomic E-state index is 12.4. The van der Waals surface area contributed by atoms with E-state index >= 15 is 0 Å². The maximum absolute atomic E-state index is 12.4. The first-order valence-electron chi connectivity index (χ1n) is 7.05. The minimum absolute atomic E-state index is 0.154. The molecule has 5 nitrogen and oxygen atoms in total. The predicted molar refractivity (Wildman–Crippen MR) is 82.2 cm³/mol. The molecule has 0 saturated heterocycles. The number of nitrogens with zero attached hydrogens (tertiary/aromatic N) is 2. The zero-order chi connectivity index (χ0) is 15.1. The van der Waals surface area contributed by atoms with Gasteiger partial charge < -0.3 is 14.6 Å². The second-order valence-corrected chi connectivity index (χ2v) is 5.87. The SMILES string of the molecule is CN(C)c1ccc2c(c1)c(=O)c(C(=O)O)cn2CC1CC1. The first-order valence-corrected chi connectivity index (χ1v) is 7.05. The Bertz CT molecular complexity index is 773. The Morgan fingerprint density at radius 3 is 2.67 bits per heavy atom. The molecule has 1 heterocycles. The lowest BCUT2D eigenvalue weighted by atomic mass is 10.1. The van der Waals surface area contributed by atoms with Crippen molar-refractivity contribution < 1.29 is 9.90 Å². The molecule has 0 aliphatic heterocycles. The number of hydrogen-bond donors (Lipinski definition) is 1. The molecule has 0 amide bonds. The van der Waals surface area contributed by atoms with Gasteiger partial charge in [-0.3, -0.25) is 4.79 Å². The summed E-state index contributed by atoms with van der Waals surface area (Å²) in [4.78, 5) is 25.6. The van der Waals surface area contributed by atoms with Gasteiger partial charge in [0.2, 0.25) is 5.43 Å². The lowest BCUT2D eigenvalue weighted by Gasteiger charge is -2.16. The topological polar surface area (TPSA) is 62.5 Å². The molecule has 1 aliphatic carbocycles. The largest absolute Gasteiger partial charge is 0.477 e. The molecule has 1 aliphatic rings. The van der Waals surface area contributed by atoms with Crippen LogP contribution in [0.4, 0.5) is 5.69 Å². The monoisotopic (exact) mass is 286 g/mol. The number of rotatable bonds is 4. The molecule has 5 heteroatoms. The van der Waals surface area contributed by atoms with Crippen molar-refractivity contribution >= 4 is 22.6 Å². The summed E-state index contributed by atoms with van der Waals surface area (Å²) in [6.07, 6.45) is 3.83. The van der Waals surface area contributed by atoms with Gasteiger partial charge in [-0.25, -0.2) is 4.79 Å². The van der Waals surface area contributed by atoms with Crippen LogP contribution in [0.25, 0.3) is 10.9 Å². The van der Waals surface area contributed by atoms with Gasteiger partial charge >= 0.3 is 5.97 Å². The molecule has 0 bridgehead atoms. The fraction of sp³-hybridized carbons (Fsp3) is 0.375. The normalized spacial score (nSPS) is 14.4. The van der Waals surface area contributed by atoms with Crippen LogP contribution >= 0.6 is 0 Å². The van der Waals surface area contributed by atoms with Gasteiger partial charge in [-0.15, -0.1) is 0 Å². The summed E-state index contributed by atoms with van der Waals surface area (Å²) in [5.74, 6) is -0.562. The molecule has 0 spiro atoms. The molecule has 2 aromatic rings. The Labute approximate surface area is 122 Å². The van der Waals surface area contributed by atoms with Gasteiger partial charge in [0, 0.05) is 37.9 Å². The van der Waals surface area contributed by atoms with Crippen molar-refractivity contribution in [2.24, 2.45) is 5.92 Å². The molecular formula is C16H18N2O3. The van der Waals surface area contributed by atoms with E-state index in [1.165, 1.54) is 19.0 Å². The third-order valence-corrected chi connectivity index (χ3v) is 3.96. The van der Waals surface area contributed by atoms with Gasteiger partial charge in [-0.05, 0) is 37.0 Å². The van der Waals surface area contributed by atoms with E-state index in [0.29, 0.717) is 11.3 Å². The van der Waals surface area contributed by atoms with Gasteiger partial charge in [0.1, 0.15) is 5.56 Å². The molecule has 0 atom stereocenters. The molecule has 1 aromatic carbocycles. The van der Waals surface area contributed by atoms with Crippen LogP contribution < -0.4 is 10.3 Å². The highest BCUT2D eigenvalue weighted by molar-refractivity contribution is 5.93. The molecule has 1 aromatic heterocycles. The predicted octanol–water partition coefficient (Wildman–Crippen LogP) is 2.18. The van der Waals surface area contributed by atoms with Crippen molar-refractivity contribution in [1.82, 2.24) is 4.57 Å². The Kier molecular flexibility index (Phi) is 3.20. The molecule has 0 unspecified atom stereocenters. The molecule has 3 rings (SSSR count). The van der Waals surface area contributed by atoms with Crippen LogP contribution in [0.3, 0.4) is 0 Å². The van der Waals surface area contributed by atoms with Crippen LogP contribution in [0.15, 0.2) is 29.2 Å². The summed E-state index contributed by atoms with van der Waals surface area (Å²) in [6.45, 7) is 0.776. The fourth-order valence-corrected chi connectivity index (χ4v) is 2.55. The van der Waals surface area contributed by atoms with Crippen molar-refractivity contribution in [2.75, 3.05) is 19.0 Å². The summed E-state index contributed by atoms with van der Waals surface area (Å²) < 4.78 is 1.91. The second kappa shape index (κ2) is 4.91. The van der Waals surface area contributed by atoms with Gasteiger partial charge in [-0.2, -0.15) is 0 Å². The van der Waals surface area contributed by atoms with Crippen molar-refractivity contribution in [1.29, 1.82) is 0 Å². The van der Waals surface area contributed by atoms with Crippen molar-refractivity contribution in [3.05, 3.63) is 40.2 Å². The Morgan fingerprint density at radius 2 is 2.10 bits per heavy atom. The Hall–Kier alpha value is -2.30. The second-order valence-electron chi connectivity index (χ2n) is 5.87. The fourth-order valence-electron chi connectivity index (χ4n) is 2.55. The number of aromatic nitrogens is 1. The van der Waals surface area contributed by atoms with Gasteiger partial charge in [-0.1, -0.05) is 0 Å². The van der Waals surface area contributed by atoms with Gasteiger partial charge in [0.15, 0.2) is 0 Å². The van der Waals surface area contributed by atoms with Crippen LogP contribution in [0.5, 0.6) is 0 Å². The molecule has 21 heavy (non-hydrogen) atoms. The standard InChI is InChI=1S/C16H18N2O3/c1-17(2)11-5-6-14-12(7-11)15(19)13(16(20)21)9-18(14)8-10-3-4-10/h5-7,9-10H,3-4,8H2,1-2H3,(H,20,21). The third kappa shape index (κ3) is 2.51. The summed E-state index contributed by atoms with van der Waals surface area (Å²) in [5, 5.41) is 9.73. The highest BCUT2D eigenvalue weighted by Crippen LogP contribution is 2.32. The zero-order valence-corrected chi connectivity index (χ0v) is 12.2. The number of carboxylic acid groups (broad SMARTS) is 1. The maximum Gasteiger partial charge on any atom is 0.341 e. The van der Waals surface area contributed by atoms with E-state index in [2.05, 4.69) is 0 Å². The van der Waals surface area contributed by atoms with Crippen LogP contribution in [0, 0.1) is 5.92 Å². The highest BCUT2D eigenvalue weighted by atomic mass is 16.4. The summed E-state index contributed by atoms with van der Waals surface area (Å²) >= 11 is 0. The smallest absolute Gasteiger partial charge is 0.341 e. The number of aromatic carboxylic acids is 1. The molecule has 1 N–H and O–H groups in total. The van der Waals surface area contributed by atoms with Crippen molar-refractivity contribution in [3.8, 4) is 0 Å². The number of fused-ring (bicyclic) bond motifs is 1. The minimum Gasteiger partial charge on any atom is -0.477 e. The van der Waals surface area contributed by atoms with Crippen LogP contribution in [0.1, 0.15) is 23.2 Å².